The summed E-state index contributed by atoms with van der Waals surface area (Å²) in [6.45, 7) is 4.36. The van der Waals surface area contributed by atoms with Gasteiger partial charge in [0.25, 0.3) is 0 Å². The summed E-state index contributed by atoms with van der Waals surface area (Å²) in [7, 11) is 0. The minimum Gasteiger partial charge on any atom is -0.493 e. The minimum atomic E-state index is -4.47. The van der Waals surface area contributed by atoms with E-state index >= 15 is 0 Å². The molecular formula is C18H17F3O2. The zero-order chi connectivity index (χ0) is 17.0. The fraction of sp³-hybridized carbons (Fsp3) is 0.278. The molecule has 0 spiro atoms. The summed E-state index contributed by atoms with van der Waals surface area (Å²) in [5.74, 6) is 0.230. The molecular weight excluding hydrogens is 305 g/mol. The number of aryl methyl sites for hydroxylation is 1. The van der Waals surface area contributed by atoms with Crippen LogP contribution in [0.1, 0.15) is 40.4 Å². The van der Waals surface area contributed by atoms with E-state index < -0.39 is 17.5 Å². The third kappa shape index (κ3) is 4.12. The molecule has 2 rings (SSSR count). The Bertz CT molecular complexity index is 706. The normalized spacial score (nSPS) is 11.3. The molecule has 0 N–H and O–H groups in total. The first kappa shape index (κ1) is 17.1. The molecule has 0 unspecified atom stereocenters. The molecule has 0 aliphatic rings. The van der Waals surface area contributed by atoms with E-state index in [1.165, 1.54) is 12.1 Å². The van der Waals surface area contributed by atoms with Gasteiger partial charge in [0.1, 0.15) is 5.75 Å². The molecule has 5 heteroatoms. The Morgan fingerprint density at radius 3 is 2.39 bits per heavy atom. The largest absolute Gasteiger partial charge is 0.493 e. The van der Waals surface area contributed by atoms with E-state index in [1.807, 2.05) is 6.92 Å². The van der Waals surface area contributed by atoms with Gasteiger partial charge in [-0.3, -0.25) is 4.79 Å². The van der Waals surface area contributed by atoms with E-state index in [-0.39, 0.29) is 5.56 Å². The van der Waals surface area contributed by atoms with Crippen LogP contribution >= 0.6 is 0 Å². The molecule has 0 atom stereocenters. The quantitative estimate of drug-likeness (QED) is 0.721. The van der Waals surface area contributed by atoms with E-state index in [0.717, 1.165) is 24.1 Å². The number of hydrogen-bond acceptors (Lipinski definition) is 2. The second-order valence-electron chi connectivity index (χ2n) is 5.24. The molecule has 0 amide bonds. The van der Waals surface area contributed by atoms with Crippen LogP contribution in [-0.4, -0.2) is 12.4 Å². The second-order valence-corrected chi connectivity index (χ2v) is 5.24. The van der Waals surface area contributed by atoms with Crippen LogP contribution in [0.15, 0.2) is 42.5 Å². The van der Waals surface area contributed by atoms with Gasteiger partial charge in [0.15, 0.2) is 5.78 Å². The van der Waals surface area contributed by atoms with Gasteiger partial charge >= 0.3 is 6.18 Å². The number of halogens is 3. The van der Waals surface area contributed by atoms with Crippen molar-refractivity contribution in [3.8, 4) is 5.75 Å². The van der Waals surface area contributed by atoms with Crippen molar-refractivity contribution in [3.05, 3.63) is 64.7 Å². The van der Waals surface area contributed by atoms with Gasteiger partial charge in [-0.1, -0.05) is 19.1 Å². The Morgan fingerprint density at radius 2 is 1.78 bits per heavy atom. The molecule has 0 fully saturated rings. The SMILES string of the molecule is CCCOc1ccc(C(=O)c2cccc(C(F)(F)F)c2)cc1C. The monoisotopic (exact) mass is 322 g/mol. The lowest BCUT2D eigenvalue weighted by atomic mass is 9.99. The van der Waals surface area contributed by atoms with Crippen molar-refractivity contribution in [2.45, 2.75) is 26.4 Å². The maximum absolute atomic E-state index is 12.7. The van der Waals surface area contributed by atoms with E-state index in [9.17, 15) is 18.0 Å². The number of carbonyl (C=O) groups excluding carboxylic acids is 1. The summed E-state index contributed by atoms with van der Waals surface area (Å²) in [4.78, 5) is 12.4. The molecule has 0 radical (unpaired) electrons. The van der Waals surface area contributed by atoms with Crippen molar-refractivity contribution in [3.63, 3.8) is 0 Å². The number of carbonyl (C=O) groups is 1. The van der Waals surface area contributed by atoms with Crippen molar-refractivity contribution >= 4 is 5.78 Å². The van der Waals surface area contributed by atoms with Crippen LogP contribution in [-0.2, 0) is 6.18 Å². The summed E-state index contributed by atoms with van der Waals surface area (Å²) >= 11 is 0. The van der Waals surface area contributed by atoms with E-state index in [4.69, 9.17) is 4.74 Å². The number of rotatable bonds is 5. The van der Waals surface area contributed by atoms with Crippen molar-refractivity contribution in [2.75, 3.05) is 6.61 Å². The summed E-state index contributed by atoms with van der Waals surface area (Å²) in [6, 6.07) is 9.32. The second kappa shape index (κ2) is 6.86. The first-order valence-electron chi connectivity index (χ1n) is 7.28. The zero-order valence-electron chi connectivity index (χ0n) is 12.9. The van der Waals surface area contributed by atoms with E-state index in [0.29, 0.717) is 17.9 Å². The van der Waals surface area contributed by atoms with Gasteiger partial charge in [-0.05, 0) is 49.2 Å². The number of benzene rings is 2. The van der Waals surface area contributed by atoms with Gasteiger partial charge in [-0.2, -0.15) is 13.2 Å². The van der Waals surface area contributed by atoms with Gasteiger partial charge in [-0.25, -0.2) is 0 Å². The first-order chi connectivity index (χ1) is 10.8. The third-order valence-corrected chi connectivity index (χ3v) is 3.35. The van der Waals surface area contributed by atoms with Crippen molar-refractivity contribution in [1.29, 1.82) is 0 Å². The molecule has 0 aliphatic carbocycles. The summed E-state index contributed by atoms with van der Waals surface area (Å²) in [5, 5.41) is 0. The lowest BCUT2D eigenvalue weighted by molar-refractivity contribution is -0.137. The van der Waals surface area contributed by atoms with E-state index in [2.05, 4.69) is 0 Å². The lowest BCUT2D eigenvalue weighted by Crippen LogP contribution is -2.08. The highest BCUT2D eigenvalue weighted by molar-refractivity contribution is 6.09. The van der Waals surface area contributed by atoms with Crippen LogP contribution in [0, 0.1) is 6.92 Å². The van der Waals surface area contributed by atoms with Gasteiger partial charge in [0.05, 0.1) is 12.2 Å². The Labute approximate surface area is 132 Å². The van der Waals surface area contributed by atoms with Gasteiger partial charge < -0.3 is 4.74 Å². The fourth-order valence-corrected chi connectivity index (χ4v) is 2.17. The number of hydrogen-bond donors (Lipinski definition) is 0. The average molecular weight is 322 g/mol. The molecule has 0 saturated heterocycles. The first-order valence-corrected chi connectivity index (χ1v) is 7.28. The molecule has 2 aromatic rings. The van der Waals surface area contributed by atoms with Crippen LogP contribution in [0.2, 0.25) is 0 Å². The van der Waals surface area contributed by atoms with Crippen LogP contribution in [0.3, 0.4) is 0 Å². The predicted octanol–water partition coefficient (Wildman–Crippen LogP) is 5.03. The topological polar surface area (TPSA) is 26.3 Å². The number of ether oxygens (including phenoxy) is 1. The molecule has 0 aromatic heterocycles. The van der Waals surface area contributed by atoms with Crippen LogP contribution in [0.4, 0.5) is 13.2 Å². The Kier molecular flexibility index (Phi) is 5.08. The van der Waals surface area contributed by atoms with Crippen LogP contribution < -0.4 is 4.74 Å². The molecule has 23 heavy (non-hydrogen) atoms. The summed E-state index contributed by atoms with van der Waals surface area (Å²) in [6.07, 6.45) is -3.60. The smallest absolute Gasteiger partial charge is 0.416 e. The highest BCUT2D eigenvalue weighted by Gasteiger charge is 2.31. The maximum atomic E-state index is 12.7. The fourth-order valence-electron chi connectivity index (χ4n) is 2.17. The third-order valence-electron chi connectivity index (χ3n) is 3.35. The number of ketones is 1. The predicted molar refractivity (Wildman–Crippen MR) is 81.8 cm³/mol. The van der Waals surface area contributed by atoms with Gasteiger partial charge in [0, 0.05) is 11.1 Å². The molecule has 2 nitrogen and oxygen atoms in total. The molecule has 0 saturated carbocycles. The van der Waals surface area contributed by atoms with Gasteiger partial charge in [-0.15, -0.1) is 0 Å². The lowest BCUT2D eigenvalue weighted by Gasteiger charge is -2.11. The van der Waals surface area contributed by atoms with Crippen molar-refractivity contribution < 1.29 is 22.7 Å². The van der Waals surface area contributed by atoms with Crippen LogP contribution in [0.25, 0.3) is 0 Å². The highest BCUT2D eigenvalue weighted by Crippen LogP contribution is 2.30. The molecule has 0 bridgehead atoms. The minimum absolute atomic E-state index is 0.0152. The highest BCUT2D eigenvalue weighted by atomic mass is 19.4. The van der Waals surface area contributed by atoms with Gasteiger partial charge in [0.2, 0.25) is 0 Å². The van der Waals surface area contributed by atoms with Crippen molar-refractivity contribution in [1.82, 2.24) is 0 Å². The van der Waals surface area contributed by atoms with Crippen molar-refractivity contribution in [2.24, 2.45) is 0 Å². The maximum Gasteiger partial charge on any atom is 0.416 e. The Balaban J connectivity index is 2.29. The Morgan fingerprint density at radius 1 is 1.09 bits per heavy atom. The summed E-state index contributed by atoms with van der Waals surface area (Å²) in [5.41, 5.74) is 0.298. The standard InChI is InChI=1S/C18H17F3O2/c1-3-9-23-16-8-7-14(10-12(16)2)17(22)13-5-4-6-15(11-13)18(19,20)21/h4-8,10-11H,3,9H2,1-2H3. The number of alkyl halides is 3. The van der Waals surface area contributed by atoms with E-state index in [1.54, 1.807) is 25.1 Å². The molecule has 0 heterocycles. The Hall–Kier alpha value is -2.30. The zero-order valence-corrected chi connectivity index (χ0v) is 12.9. The summed E-state index contributed by atoms with van der Waals surface area (Å²) < 4.78 is 43.8. The molecule has 122 valence electrons. The molecule has 0 aliphatic heterocycles. The average Bonchev–Trinajstić information content (AvgIpc) is 2.52. The van der Waals surface area contributed by atoms with Crippen LogP contribution in [0.5, 0.6) is 5.75 Å². The molecule has 2 aromatic carbocycles.